The highest BCUT2D eigenvalue weighted by Gasteiger charge is 2.23. The molecule has 1 aliphatic heterocycles. The van der Waals surface area contributed by atoms with Crippen molar-refractivity contribution in [1.29, 1.82) is 0 Å². The van der Waals surface area contributed by atoms with Gasteiger partial charge in [0.2, 0.25) is 0 Å². The minimum Gasteiger partial charge on any atom is -0.494 e. The first-order valence-corrected chi connectivity index (χ1v) is 15.0. The fourth-order valence-electron chi connectivity index (χ4n) is 5.28. The van der Waals surface area contributed by atoms with E-state index in [4.69, 9.17) is 24.7 Å². The number of nitrogens with one attached hydrogen (secondary N) is 1. The highest BCUT2D eigenvalue weighted by molar-refractivity contribution is 6.39. The van der Waals surface area contributed by atoms with Crippen LogP contribution in [0.1, 0.15) is 25.3 Å². The van der Waals surface area contributed by atoms with Gasteiger partial charge in [-0.1, -0.05) is 12.1 Å². The molecule has 4 aromatic rings. The molecule has 0 unspecified atom stereocenters. The number of amides is 2. The zero-order valence-corrected chi connectivity index (χ0v) is 25.4. The quantitative estimate of drug-likeness (QED) is 0.213. The number of benzene rings is 3. The Hall–Kier alpha value is -4.90. The largest absolute Gasteiger partial charge is 0.494 e. The molecular weight excluding hydrogens is 579 g/mol. The summed E-state index contributed by atoms with van der Waals surface area (Å²) in [7, 11) is 1.56. The minimum atomic E-state index is -1.14. The number of carbonyl (C=O) groups is 2. The second kappa shape index (κ2) is 14.7. The Labute approximate surface area is 261 Å². The number of primary amides is 1. The van der Waals surface area contributed by atoms with Crippen LogP contribution in [-0.2, 0) is 16.0 Å². The maximum absolute atomic E-state index is 15.5. The molecule has 2 heterocycles. The number of carbonyl (C=O) groups excluding carboxylic acids is 2. The summed E-state index contributed by atoms with van der Waals surface area (Å²) in [6.45, 7) is 5.02. The van der Waals surface area contributed by atoms with Crippen LogP contribution >= 0.6 is 0 Å². The first-order chi connectivity index (χ1) is 21.9. The van der Waals surface area contributed by atoms with Crippen molar-refractivity contribution in [2.45, 2.75) is 26.2 Å². The molecule has 1 aliphatic rings. The zero-order chi connectivity index (χ0) is 31.8. The molecule has 0 spiro atoms. The van der Waals surface area contributed by atoms with Crippen molar-refractivity contribution in [2.24, 2.45) is 11.7 Å². The summed E-state index contributed by atoms with van der Waals surface area (Å²) in [4.78, 5) is 30.2. The Kier molecular flexibility index (Phi) is 10.3. The third-order valence-corrected chi connectivity index (χ3v) is 7.66. The molecule has 0 bridgehead atoms. The molecule has 3 aromatic carbocycles. The number of anilines is 1. The number of fused-ring (bicyclic) bond motifs is 1. The van der Waals surface area contributed by atoms with E-state index in [0.29, 0.717) is 59.5 Å². The van der Waals surface area contributed by atoms with E-state index in [0.717, 1.165) is 42.5 Å². The molecule has 2 amide bonds. The Bertz CT molecular complexity index is 1660. The minimum absolute atomic E-state index is 0.0765. The maximum atomic E-state index is 15.5. The van der Waals surface area contributed by atoms with Crippen LogP contribution in [0.2, 0.25) is 0 Å². The molecule has 10 nitrogen and oxygen atoms in total. The molecule has 11 heteroatoms. The van der Waals surface area contributed by atoms with Crippen LogP contribution in [0.15, 0.2) is 66.9 Å². The number of pyridine rings is 1. The summed E-state index contributed by atoms with van der Waals surface area (Å²) >= 11 is 0. The van der Waals surface area contributed by atoms with E-state index in [2.05, 4.69) is 10.3 Å². The Morgan fingerprint density at radius 2 is 1.82 bits per heavy atom. The molecule has 0 aliphatic carbocycles. The summed E-state index contributed by atoms with van der Waals surface area (Å²) in [6, 6.07) is 16.6. The van der Waals surface area contributed by atoms with Gasteiger partial charge in [0.05, 0.1) is 25.8 Å². The molecule has 0 radical (unpaired) electrons. The van der Waals surface area contributed by atoms with Gasteiger partial charge in [0.1, 0.15) is 11.5 Å². The van der Waals surface area contributed by atoms with Crippen molar-refractivity contribution in [3.63, 3.8) is 0 Å². The van der Waals surface area contributed by atoms with Gasteiger partial charge in [-0.15, -0.1) is 0 Å². The van der Waals surface area contributed by atoms with E-state index in [1.165, 1.54) is 12.1 Å². The summed E-state index contributed by atoms with van der Waals surface area (Å²) in [5, 5.41) is 3.96. The van der Waals surface area contributed by atoms with E-state index in [1.54, 1.807) is 31.5 Å². The van der Waals surface area contributed by atoms with E-state index in [-0.39, 0.29) is 18.0 Å². The van der Waals surface area contributed by atoms with Crippen molar-refractivity contribution in [1.82, 2.24) is 10.3 Å². The third kappa shape index (κ3) is 7.79. The van der Waals surface area contributed by atoms with Crippen molar-refractivity contribution >= 4 is 28.4 Å². The van der Waals surface area contributed by atoms with E-state index < -0.39 is 17.6 Å². The van der Waals surface area contributed by atoms with Gasteiger partial charge in [-0.05, 0) is 87.2 Å². The summed E-state index contributed by atoms with van der Waals surface area (Å²) in [6.07, 6.45) is 4.05. The van der Waals surface area contributed by atoms with Crippen LogP contribution in [-0.4, -0.2) is 56.8 Å². The smallest absolute Gasteiger partial charge is 0.316 e. The lowest BCUT2D eigenvalue weighted by Crippen LogP contribution is -2.41. The molecule has 3 N–H and O–H groups in total. The Morgan fingerprint density at radius 3 is 2.56 bits per heavy atom. The number of hydrogen-bond acceptors (Lipinski definition) is 8. The first-order valence-electron chi connectivity index (χ1n) is 15.0. The van der Waals surface area contributed by atoms with Gasteiger partial charge >= 0.3 is 11.8 Å². The summed E-state index contributed by atoms with van der Waals surface area (Å²) in [5.74, 6) is -0.304. The number of piperidine rings is 1. The fraction of sp³-hybridized carbons (Fsp3) is 0.324. The Morgan fingerprint density at radius 1 is 1.00 bits per heavy atom. The molecule has 1 saturated heterocycles. The predicted octanol–water partition coefficient (Wildman–Crippen LogP) is 5.01. The Balaban J connectivity index is 1.35. The van der Waals surface area contributed by atoms with Gasteiger partial charge < -0.3 is 34.9 Å². The SMILES string of the molecule is CCOc1cccc(CCN(C(=O)C(N)=O)c2ccc(Oc3ccnc4cc(OCC5CCNCC5)c(OC)cc34)c(F)c2)c1. The van der Waals surface area contributed by atoms with Crippen molar-refractivity contribution in [2.75, 3.05) is 44.9 Å². The molecule has 236 valence electrons. The number of aromatic nitrogens is 1. The number of halogens is 1. The van der Waals surface area contributed by atoms with Crippen LogP contribution < -0.4 is 34.9 Å². The number of methoxy groups -OCH3 is 1. The van der Waals surface area contributed by atoms with Gasteiger partial charge in [-0.3, -0.25) is 14.6 Å². The van der Waals surface area contributed by atoms with Crippen LogP contribution in [0.5, 0.6) is 28.7 Å². The molecule has 1 aromatic heterocycles. The van der Waals surface area contributed by atoms with Crippen LogP contribution in [0.25, 0.3) is 10.9 Å². The number of ether oxygens (including phenoxy) is 4. The van der Waals surface area contributed by atoms with Gasteiger partial charge in [0.15, 0.2) is 23.1 Å². The fourth-order valence-corrected chi connectivity index (χ4v) is 5.28. The van der Waals surface area contributed by atoms with Crippen molar-refractivity contribution in [3.05, 3.63) is 78.2 Å². The molecule has 1 fully saturated rings. The highest BCUT2D eigenvalue weighted by atomic mass is 19.1. The van der Waals surface area contributed by atoms with Gasteiger partial charge in [0, 0.05) is 35.9 Å². The standard InChI is InChI=1S/C34H37FN4O6/c1-3-43-25-6-4-5-22(17-25)12-16-39(34(41)33(36)40)24-7-8-30(27(35)18-24)45-29-11-15-38-28-20-32(31(42-2)19-26(28)29)44-21-23-9-13-37-14-10-23/h4-8,11,15,17-20,23,37H,3,9-10,12-14,16,21H2,1-2H3,(H2,36,40). The summed E-state index contributed by atoms with van der Waals surface area (Å²) in [5.41, 5.74) is 6.97. The average molecular weight is 617 g/mol. The normalized spacial score (nSPS) is 13.3. The highest BCUT2D eigenvalue weighted by Crippen LogP contribution is 2.38. The topological polar surface area (TPSA) is 125 Å². The monoisotopic (exact) mass is 616 g/mol. The van der Waals surface area contributed by atoms with Gasteiger partial charge in [-0.2, -0.15) is 0 Å². The number of hydrogen-bond donors (Lipinski definition) is 2. The van der Waals surface area contributed by atoms with E-state index >= 15 is 4.39 Å². The van der Waals surface area contributed by atoms with E-state index in [9.17, 15) is 9.59 Å². The van der Waals surface area contributed by atoms with Gasteiger partial charge in [-0.25, -0.2) is 4.39 Å². The predicted molar refractivity (Wildman–Crippen MR) is 169 cm³/mol. The first kappa shape index (κ1) is 31.5. The number of rotatable bonds is 12. The lowest BCUT2D eigenvalue weighted by Gasteiger charge is -2.23. The zero-order valence-electron chi connectivity index (χ0n) is 25.4. The van der Waals surface area contributed by atoms with Gasteiger partial charge in [0.25, 0.3) is 0 Å². The van der Waals surface area contributed by atoms with Crippen molar-refractivity contribution < 1.29 is 32.9 Å². The lowest BCUT2D eigenvalue weighted by molar-refractivity contribution is -0.135. The summed E-state index contributed by atoms with van der Waals surface area (Å²) < 4.78 is 38.8. The second-order valence-electron chi connectivity index (χ2n) is 10.7. The molecule has 0 atom stereocenters. The lowest BCUT2D eigenvalue weighted by atomic mass is 9.99. The van der Waals surface area contributed by atoms with Crippen LogP contribution in [0.3, 0.4) is 0 Å². The van der Waals surface area contributed by atoms with Crippen molar-refractivity contribution in [3.8, 4) is 28.7 Å². The second-order valence-corrected chi connectivity index (χ2v) is 10.7. The number of nitrogens with zero attached hydrogens (tertiary/aromatic N) is 2. The van der Waals surface area contributed by atoms with E-state index in [1.807, 2.05) is 31.2 Å². The molecule has 5 rings (SSSR count). The van der Waals surface area contributed by atoms with Crippen LogP contribution in [0.4, 0.5) is 10.1 Å². The molecular formula is C34H37FN4O6. The average Bonchev–Trinajstić information content (AvgIpc) is 3.05. The molecule has 45 heavy (non-hydrogen) atoms. The number of nitrogens with two attached hydrogens (primary N) is 1. The third-order valence-electron chi connectivity index (χ3n) is 7.66. The molecule has 0 saturated carbocycles. The maximum Gasteiger partial charge on any atom is 0.316 e. The van der Waals surface area contributed by atoms with Crippen LogP contribution in [0, 0.1) is 11.7 Å².